The van der Waals surface area contributed by atoms with Crippen LogP contribution in [0.25, 0.3) is 0 Å². The summed E-state index contributed by atoms with van der Waals surface area (Å²) in [5.41, 5.74) is 0.492. The van der Waals surface area contributed by atoms with Gasteiger partial charge < -0.3 is 10.2 Å². The van der Waals surface area contributed by atoms with Crippen molar-refractivity contribution in [1.29, 1.82) is 0 Å². The third-order valence-electron chi connectivity index (χ3n) is 4.75. The standard InChI is InChI=1S/C14H24N2O/c1-14(2)8-10(9-14)15-12-7-11-5-3-4-6-16(11)13(12)17/h10-12,15H,3-9H2,1-2H3. The molecule has 2 saturated heterocycles. The van der Waals surface area contributed by atoms with Crippen molar-refractivity contribution in [2.45, 2.75) is 70.5 Å². The number of amides is 1. The van der Waals surface area contributed by atoms with Crippen molar-refractivity contribution < 1.29 is 4.79 Å². The number of carbonyl (C=O) groups excluding carboxylic acids is 1. The summed E-state index contributed by atoms with van der Waals surface area (Å²) >= 11 is 0. The second-order valence-electron chi connectivity index (χ2n) is 6.91. The lowest BCUT2D eigenvalue weighted by Crippen LogP contribution is -2.52. The lowest BCUT2D eigenvalue weighted by Gasteiger charge is -2.44. The van der Waals surface area contributed by atoms with Crippen molar-refractivity contribution in [3.05, 3.63) is 0 Å². The number of carbonyl (C=O) groups is 1. The van der Waals surface area contributed by atoms with Crippen LogP contribution in [0, 0.1) is 5.41 Å². The van der Waals surface area contributed by atoms with E-state index in [4.69, 9.17) is 0 Å². The van der Waals surface area contributed by atoms with Gasteiger partial charge in [0.05, 0.1) is 6.04 Å². The van der Waals surface area contributed by atoms with Crippen molar-refractivity contribution >= 4 is 5.91 Å². The molecule has 1 aliphatic carbocycles. The topological polar surface area (TPSA) is 32.3 Å². The summed E-state index contributed by atoms with van der Waals surface area (Å²) in [6.45, 7) is 5.62. The maximum atomic E-state index is 12.2. The van der Waals surface area contributed by atoms with Crippen LogP contribution in [0.5, 0.6) is 0 Å². The smallest absolute Gasteiger partial charge is 0.240 e. The van der Waals surface area contributed by atoms with Gasteiger partial charge in [0, 0.05) is 18.6 Å². The summed E-state index contributed by atoms with van der Waals surface area (Å²) in [6, 6.07) is 1.25. The zero-order valence-electron chi connectivity index (χ0n) is 11.0. The fourth-order valence-electron chi connectivity index (χ4n) is 3.92. The molecule has 3 aliphatic rings. The van der Waals surface area contributed by atoms with E-state index in [9.17, 15) is 4.79 Å². The molecule has 2 heterocycles. The third kappa shape index (κ3) is 2.10. The Balaban J connectivity index is 1.56. The van der Waals surface area contributed by atoms with Gasteiger partial charge in [-0.15, -0.1) is 0 Å². The van der Waals surface area contributed by atoms with Gasteiger partial charge in [0.25, 0.3) is 0 Å². The molecule has 0 aromatic rings. The molecule has 1 N–H and O–H groups in total. The van der Waals surface area contributed by atoms with Gasteiger partial charge in [-0.2, -0.15) is 0 Å². The summed E-state index contributed by atoms with van der Waals surface area (Å²) in [6.07, 6.45) is 7.22. The number of nitrogens with one attached hydrogen (secondary N) is 1. The second kappa shape index (κ2) is 3.98. The Morgan fingerprint density at radius 1 is 1.29 bits per heavy atom. The van der Waals surface area contributed by atoms with Crippen LogP contribution in [0.15, 0.2) is 0 Å². The molecular weight excluding hydrogens is 212 g/mol. The predicted molar refractivity (Wildman–Crippen MR) is 67.7 cm³/mol. The van der Waals surface area contributed by atoms with E-state index in [2.05, 4.69) is 24.1 Å². The summed E-state index contributed by atoms with van der Waals surface area (Å²) in [5, 5.41) is 3.59. The highest BCUT2D eigenvalue weighted by atomic mass is 16.2. The molecule has 3 heteroatoms. The van der Waals surface area contributed by atoms with Gasteiger partial charge in [0.2, 0.25) is 5.91 Å². The number of piperidine rings is 1. The molecule has 2 unspecified atom stereocenters. The Hall–Kier alpha value is -0.570. The number of fused-ring (bicyclic) bond motifs is 1. The summed E-state index contributed by atoms with van der Waals surface area (Å²) in [7, 11) is 0. The Morgan fingerprint density at radius 3 is 2.71 bits per heavy atom. The Bertz CT molecular complexity index is 318. The van der Waals surface area contributed by atoms with E-state index in [-0.39, 0.29) is 6.04 Å². The highest BCUT2D eigenvalue weighted by Crippen LogP contribution is 2.40. The molecule has 0 spiro atoms. The molecule has 3 rings (SSSR count). The predicted octanol–water partition coefficient (Wildman–Crippen LogP) is 1.92. The zero-order valence-corrected chi connectivity index (χ0v) is 11.0. The van der Waals surface area contributed by atoms with Crippen LogP contribution in [0.2, 0.25) is 0 Å². The summed E-state index contributed by atoms with van der Waals surface area (Å²) < 4.78 is 0. The van der Waals surface area contributed by atoms with Crippen molar-refractivity contribution in [3.63, 3.8) is 0 Å². The summed E-state index contributed by atoms with van der Waals surface area (Å²) in [4.78, 5) is 14.4. The van der Waals surface area contributed by atoms with Crippen LogP contribution in [-0.4, -0.2) is 35.5 Å². The first-order valence-electron chi connectivity index (χ1n) is 7.12. The van der Waals surface area contributed by atoms with E-state index in [0.717, 1.165) is 13.0 Å². The van der Waals surface area contributed by atoms with Crippen LogP contribution >= 0.6 is 0 Å². The van der Waals surface area contributed by atoms with E-state index >= 15 is 0 Å². The maximum Gasteiger partial charge on any atom is 0.240 e. The number of hydrogen-bond donors (Lipinski definition) is 1. The van der Waals surface area contributed by atoms with Crippen molar-refractivity contribution in [2.75, 3.05) is 6.54 Å². The molecule has 0 radical (unpaired) electrons. The highest BCUT2D eigenvalue weighted by Gasteiger charge is 2.44. The normalized spacial score (nSPS) is 36.8. The first-order valence-corrected chi connectivity index (χ1v) is 7.12. The molecule has 1 amide bonds. The van der Waals surface area contributed by atoms with E-state index < -0.39 is 0 Å². The number of nitrogens with zero attached hydrogens (tertiary/aromatic N) is 1. The average molecular weight is 236 g/mol. The van der Waals surface area contributed by atoms with Crippen LogP contribution in [0.4, 0.5) is 0 Å². The lowest BCUT2D eigenvalue weighted by molar-refractivity contribution is -0.131. The molecule has 0 bridgehead atoms. The molecule has 0 aromatic carbocycles. The third-order valence-corrected chi connectivity index (χ3v) is 4.75. The molecule has 96 valence electrons. The minimum atomic E-state index is 0.124. The minimum absolute atomic E-state index is 0.124. The van der Waals surface area contributed by atoms with E-state index in [0.29, 0.717) is 23.4 Å². The van der Waals surface area contributed by atoms with Crippen molar-refractivity contribution in [1.82, 2.24) is 10.2 Å². The zero-order chi connectivity index (χ0) is 12.0. The first kappa shape index (κ1) is 11.5. The molecule has 0 aromatic heterocycles. The Kier molecular flexibility index (Phi) is 2.69. The van der Waals surface area contributed by atoms with Crippen LogP contribution in [0.1, 0.15) is 52.4 Å². The largest absolute Gasteiger partial charge is 0.338 e. The molecule has 17 heavy (non-hydrogen) atoms. The fourth-order valence-corrected chi connectivity index (χ4v) is 3.92. The lowest BCUT2D eigenvalue weighted by atomic mass is 9.68. The van der Waals surface area contributed by atoms with Crippen LogP contribution < -0.4 is 5.32 Å². The molecule has 2 atom stereocenters. The second-order valence-corrected chi connectivity index (χ2v) is 6.91. The maximum absolute atomic E-state index is 12.2. The SMILES string of the molecule is CC1(C)CC(NC2CC3CCCCN3C2=O)C1. The highest BCUT2D eigenvalue weighted by molar-refractivity contribution is 5.84. The number of hydrogen-bond acceptors (Lipinski definition) is 2. The quantitative estimate of drug-likeness (QED) is 0.794. The van der Waals surface area contributed by atoms with Gasteiger partial charge in [-0.1, -0.05) is 13.8 Å². The molecule has 2 aliphatic heterocycles. The average Bonchev–Trinajstić information content (AvgIpc) is 2.54. The van der Waals surface area contributed by atoms with E-state index in [1.807, 2.05) is 0 Å². The van der Waals surface area contributed by atoms with Gasteiger partial charge in [0.15, 0.2) is 0 Å². The monoisotopic (exact) mass is 236 g/mol. The first-order chi connectivity index (χ1) is 8.05. The van der Waals surface area contributed by atoms with Gasteiger partial charge in [-0.05, 0) is 43.9 Å². The molecule has 1 saturated carbocycles. The van der Waals surface area contributed by atoms with Crippen molar-refractivity contribution in [3.8, 4) is 0 Å². The van der Waals surface area contributed by atoms with Gasteiger partial charge in [0.1, 0.15) is 0 Å². The van der Waals surface area contributed by atoms with E-state index in [1.54, 1.807) is 0 Å². The van der Waals surface area contributed by atoms with Gasteiger partial charge in [-0.25, -0.2) is 0 Å². The summed E-state index contributed by atoms with van der Waals surface area (Å²) in [5.74, 6) is 0.374. The van der Waals surface area contributed by atoms with Crippen molar-refractivity contribution in [2.24, 2.45) is 5.41 Å². The minimum Gasteiger partial charge on any atom is -0.338 e. The van der Waals surface area contributed by atoms with Crippen LogP contribution in [-0.2, 0) is 4.79 Å². The van der Waals surface area contributed by atoms with Gasteiger partial charge in [-0.3, -0.25) is 4.79 Å². The molecular formula is C14H24N2O. The van der Waals surface area contributed by atoms with E-state index in [1.165, 1.54) is 32.1 Å². The Morgan fingerprint density at radius 2 is 2.06 bits per heavy atom. The molecule has 3 fully saturated rings. The molecule has 3 nitrogen and oxygen atoms in total. The van der Waals surface area contributed by atoms with Crippen LogP contribution in [0.3, 0.4) is 0 Å². The number of rotatable bonds is 2. The van der Waals surface area contributed by atoms with Gasteiger partial charge >= 0.3 is 0 Å². The Labute approximate surface area is 104 Å². The fraction of sp³-hybridized carbons (Fsp3) is 0.929.